The molecule has 1 atom stereocenters. The Bertz CT molecular complexity index is 923. The molecular weight excluding hydrogens is 368 g/mol. The van der Waals surface area contributed by atoms with Crippen LogP contribution < -0.4 is 0 Å². The number of thiophene rings is 1. The Labute approximate surface area is 158 Å². The average Bonchev–Trinajstić information content (AvgIpc) is 3.05. The second-order valence-corrected chi connectivity index (χ2v) is 10.3. The number of benzene rings is 1. The zero-order valence-electron chi connectivity index (χ0n) is 14.6. The highest BCUT2D eigenvalue weighted by atomic mass is 32.2. The number of carbonyl (C=O) groups is 1. The Balaban J connectivity index is 1.92. The lowest BCUT2D eigenvalue weighted by Gasteiger charge is -2.34. The number of carboxylic acids is 1. The van der Waals surface area contributed by atoms with Gasteiger partial charge in [-0.15, -0.1) is 11.3 Å². The first-order valence-electron chi connectivity index (χ1n) is 8.62. The normalized spacial score (nSPS) is 22.5. The molecule has 3 rings (SSSR count). The molecule has 2 heterocycles. The van der Waals surface area contributed by atoms with Gasteiger partial charge in [-0.2, -0.15) is 0 Å². The molecule has 138 valence electrons. The first-order chi connectivity index (χ1) is 12.3. The summed E-state index contributed by atoms with van der Waals surface area (Å²) < 4.78 is 24.3. The summed E-state index contributed by atoms with van der Waals surface area (Å²) in [6.07, 6.45) is 5.28. The minimum absolute atomic E-state index is 0.0622. The SMILES string of the molecule is Cc1ccc(C=Cc2ccc([C@@]3(CC(=O)O)CCCCS3(=O)=O)s2)cc1. The van der Waals surface area contributed by atoms with Crippen LogP contribution in [0.3, 0.4) is 0 Å². The minimum atomic E-state index is -3.49. The Hall–Kier alpha value is -1.92. The minimum Gasteiger partial charge on any atom is -0.481 e. The maximum Gasteiger partial charge on any atom is 0.305 e. The second kappa shape index (κ2) is 7.37. The molecule has 1 aromatic carbocycles. The molecule has 0 aliphatic carbocycles. The summed E-state index contributed by atoms with van der Waals surface area (Å²) in [6.45, 7) is 2.03. The van der Waals surface area contributed by atoms with Crippen LogP contribution in [0.15, 0.2) is 36.4 Å². The lowest BCUT2D eigenvalue weighted by atomic mass is 9.95. The molecule has 0 bridgehead atoms. The number of aliphatic carboxylic acids is 1. The first-order valence-corrected chi connectivity index (χ1v) is 11.1. The summed E-state index contributed by atoms with van der Waals surface area (Å²) in [5.41, 5.74) is 2.26. The van der Waals surface area contributed by atoms with Crippen LogP contribution in [-0.4, -0.2) is 25.2 Å². The van der Waals surface area contributed by atoms with Crippen LogP contribution in [0.25, 0.3) is 12.2 Å². The van der Waals surface area contributed by atoms with Gasteiger partial charge in [-0.3, -0.25) is 4.79 Å². The van der Waals surface area contributed by atoms with Gasteiger partial charge in [-0.1, -0.05) is 42.3 Å². The molecule has 1 saturated heterocycles. The summed E-state index contributed by atoms with van der Waals surface area (Å²) in [4.78, 5) is 13.0. The van der Waals surface area contributed by atoms with E-state index in [4.69, 9.17) is 0 Å². The van der Waals surface area contributed by atoms with Crippen molar-refractivity contribution in [2.75, 3.05) is 5.75 Å². The van der Waals surface area contributed by atoms with Gasteiger partial charge in [0.1, 0.15) is 4.75 Å². The second-order valence-electron chi connectivity index (χ2n) is 6.79. The van der Waals surface area contributed by atoms with Gasteiger partial charge in [0.25, 0.3) is 0 Å². The van der Waals surface area contributed by atoms with E-state index in [0.717, 1.165) is 16.9 Å². The van der Waals surface area contributed by atoms with Crippen LogP contribution in [0.1, 0.15) is 46.6 Å². The van der Waals surface area contributed by atoms with E-state index in [1.807, 2.05) is 49.4 Å². The lowest BCUT2D eigenvalue weighted by Crippen LogP contribution is -2.41. The standard InChI is InChI=1S/C20H22O4S2/c1-15-4-6-16(7-5-15)8-9-17-10-11-18(25-17)20(14-19(21)22)12-2-3-13-26(20,23)24/h4-11H,2-3,12-14H2,1H3,(H,21,22)/t20-/m0/s1. The number of rotatable bonds is 5. The fraction of sp³-hybridized carbons (Fsp3) is 0.350. The van der Waals surface area contributed by atoms with Crippen LogP contribution in [0.4, 0.5) is 0 Å². The number of aryl methyl sites for hydroxylation is 1. The number of carboxylic acid groups (broad SMARTS) is 1. The molecule has 0 saturated carbocycles. The zero-order chi connectivity index (χ0) is 18.8. The van der Waals surface area contributed by atoms with E-state index in [9.17, 15) is 18.3 Å². The molecule has 0 radical (unpaired) electrons. The molecule has 2 aromatic rings. The molecule has 1 N–H and O–H groups in total. The van der Waals surface area contributed by atoms with Crippen LogP contribution in [-0.2, 0) is 19.4 Å². The molecular formula is C20H22O4S2. The van der Waals surface area contributed by atoms with Crippen molar-refractivity contribution in [3.63, 3.8) is 0 Å². The van der Waals surface area contributed by atoms with Gasteiger partial charge < -0.3 is 5.11 Å². The van der Waals surface area contributed by atoms with Crippen molar-refractivity contribution >= 4 is 39.3 Å². The van der Waals surface area contributed by atoms with Crippen LogP contribution in [0, 0.1) is 6.92 Å². The summed E-state index contributed by atoms with van der Waals surface area (Å²) in [6, 6.07) is 11.8. The van der Waals surface area contributed by atoms with E-state index in [-0.39, 0.29) is 12.2 Å². The van der Waals surface area contributed by atoms with Crippen molar-refractivity contribution in [3.8, 4) is 0 Å². The Morgan fingerprint density at radius 1 is 1.15 bits per heavy atom. The monoisotopic (exact) mass is 390 g/mol. The van der Waals surface area contributed by atoms with Gasteiger partial charge in [0.15, 0.2) is 9.84 Å². The summed E-state index contributed by atoms with van der Waals surface area (Å²) >= 11 is 1.38. The van der Waals surface area contributed by atoms with E-state index in [2.05, 4.69) is 0 Å². The van der Waals surface area contributed by atoms with Crippen LogP contribution >= 0.6 is 11.3 Å². The van der Waals surface area contributed by atoms with E-state index in [1.165, 1.54) is 16.9 Å². The fourth-order valence-corrected chi connectivity index (χ4v) is 7.08. The lowest BCUT2D eigenvalue weighted by molar-refractivity contribution is -0.137. The molecule has 1 aliphatic heterocycles. The number of hydrogen-bond acceptors (Lipinski definition) is 4. The topological polar surface area (TPSA) is 71.4 Å². The predicted octanol–water partition coefficient (Wildman–Crippen LogP) is 4.50. The summed E-state index contributed by atoms with van der Waals surface area (Å²) in [5, 5.41) is 9.33. The molecule has 0 amide bonds. The molecule has 1 fully saturated rings. The number of hydrogen-bond donors (Lipinski definition) is 1. The highest BCUT2D eigenvalue weighted by Gasteiger charge is 2.49. The zero-order valence-corrected chi connectivity index (χ0v) is 16.3. The molecule has 26 heavy (non-hydrogen) atoms. The quantitative estimate of drug-likeness (QED) is 0.816. The fourth-order valence-electron chi connectivity index (χ4n) is 3.40. The molecule has 0 spiro atoms. The van der Waals surface area contributed by atoms with E-state index < -0.39 is 20.6 Å². The van der Waals surface area contributed by atoms with Crippen molar-refractivity contribution in [2.45, 2.75) is 37.4 Å². The van der Waals surface area contributed by atoms with Gasteiger partial charge >= 0.3 is 5.97 Å². The predicted molar refractivity (Wildman–Crippen MR) is 106 cm³/mol. The maximum absolute atomic E-state index is 12.8. The Morgan fingerprint density at radius 3 is 2.54 bits per heavy atom. The molecule has 0 unspecified atom stereocenters. The molecule has 4 nitrogen and oxygen atoms in total. The highest BCUT2D eigenvalue weighted by molar-refractivity contribution is 7.92. The van der Waals surface area contributed by atoms with Crippen molar-refractivity contribution in [1.82, 2.24) is 0 Å². The Kier molecular flexibility index (Phi) is 5.34. The van der Waals surface area contributed by atoms with E-state index in [1.54, 1.807) is 6.07 Å². The third-order valence-electron chi connectivity index (χ3n) is 4.87. The van der Waals surface area contributed by atoms with Crippen molar-refractivity contribution < 1.29 is 18.3 Å². The summed E-state index contributed by atoms with van der Waals surface area (Å²) in [7, 11) is -3.49. The van der Waals surface area contributed by atoms with Crippen LogP contribution in [0.2, 0.25) is 0 Å². The van der Waals surface area contributed by atoms with Crippen LogP contribution in [0.5, 0.6) is 0 Å². The van der Waals surface area contributed by atoms with Gasteiger partial charge in [0, 0.05) is 9.75 Å². The van der Waals surface area contributed by atoms with Crippen molar-refractivity contribution in [3.05, 3.63) is 57.3 Å². The first kappa shape index (κ1) is 18.9. The third-order valence-corrected chi connectivity index (χ3v) is 8.84. The highest BCUT2D eigenvalue weighted by Crippen LogP contribution is 2.46. The third kappa shape index (κ3) is 3.76. The van der Waals surface area contributed by atoms with Crippen molar-refractivity contribution in [1.29, 1.82) is 0 Å². The largest absolute Gasteiger partial charge is 0.481 e. The summed E-state index contributed by atoms with van der Waals surface area (Å²) in [5.74, 6) is -1.01. The average molecular weight is 391 g/mol. The van der Waals surface area contributed by atoms with Gasteiger partial charge in [0.05, 0.1) is 12.2 Å². The van der Waals surface area contributed by atoms with Crippen molar-refractivity contribution in [2.24, 2.45) is 0 Å². The van der Waals surface area contributed by atoms with E-state index >= 15 is 0 Å². The van der Waals surface area contributed by atoms with E-state index in [0.29, 0.717) is 17.7 Å². The smallest absolute Gasteiger partial charge is 0.305 e. The van der Waals surface area contributed by atoms with Gasteiger partial charge in [-0.05, 0) is 43.5 Å². The Morgan fingerprint density at radius 2 is 1.88 bits per heavy atom. The van der Waals surface area contributed by atoms with Gasteiger partial charge in [0.2, 0.25) is 0 Å². The maximum atomic E-state index is 12.8. The van der Waals surface area contributed by atoms with Gasteiger partial charge in [-0.25, -0.2) is 8.42 Å². The molecule has 6 heteroatoms. The number of sulfone groups is 1. The molecule has 1 aromatic heterocycles. The molecule has 1 aliphatic rings.